The van der Waals surface area contributed by atoms with Crippen LogP contribution in [0.1, 0.15) is 10.4 Å². The zero-order valence-electron chi connectivity index (χ0n) is 8.88. The molecule has 0 aliphatic heterocycles. The van der Waals surface area contributed by atoms with Crippen LogP contribution in [0.25, 0.3) is 0 Å². The van der Waals surface area contributed by atoms with Gasteiger partial charge in [0.15, 0.2) is 0 Å². The highest BCUT2D eigenvalue weighted by atomic mass is 35.5. The van der Waals surface area contributed by atoms with Gasteiger partial charge >= 0.3 is 0 Å². The summed E-state index contributed by atoms with van der Waals surface area (Å²) in [5, 5.41) is 13.8. The monoisotopic (exact) mass is 252 g/mol. The second-order valence-electron chi connectivity index (χ2n) is 3.26. The molecule has 1 amide bonds. The zero-order valence-corrected chi connectivity index (χ0v) is 9.64. The fourth-order valence-corrected chi connectivity index (χ4v) is 1.41. The van der Waals surface area contributed by atoms with E-state index in [0.29, 0.717) is 5.02 Å². The van der Waals surface area contributed by atoms with Gasteiger partial charge in [-0.05, 0) is 17.3 Å². The minimum Gasteiger partial charge on any atom is -0.397 e. The third-order valence-electron chi connectivity index (χ3n) is 2.03. The van der Waals surface area contributed by atoms with Crippen LogP contribution in [0.5, 0.6) is 0 Å². The summed E-state index contributed by atoms with van der Waals surface area (Å²) in [7, 11) is 1.59. The predicted molar refractivity (Wildman–Crippen MR) is 62.6 cm³/mol. The van der Waals surface area contributed by atoms with Gasteiger partial charge in [-0.25, -0.2) is 0 Å². The normalized spacial score (nSPS) is 10.2. The van der Waals surface area contributed by atoms with Gasteiger partial charge in [0.1, 0.15) is 0 Å². The number of nitrogens with zero attached hydrogens (tertiary/aromatic N) is 4. The summed E-state index contributed by atoms with van der Waals surface area (Å²) < 4.78 is 0. The third kappa shape index (κ3) is 2.34. The molecule has 0 radical (unpaired) electrons. The van der Waals surface area contributed by atoms with Gasteiger partial charge in [-0.3, -0.25) is 10.1 Å². The molecule has 0 aliphatic carbocycles. The Balaban J connectivity index is 2.23. The number of aromatic nitrogens is 4. The fourth-order valence-electron chi connectivity index (χ4n) is 1.24. The molecule has 0 unspecified atom stereocenters. The van der Waals surface area contributed by atoms with Gasteiger partial charge in [0.2, 0.25) is 0 Å². The van der Waals surface area contributed by atoms with Gasteiger partial charge < -0.3 is 5.73 Å². The van der Waals surface area contributed by atoms with E-state index in [2.05, 4.69) is 20.7 Å². The van der Waals surface area contributed by atoms with Crippen molar-refractivity contribution in [3.8, 4) is 0 Å². The SMILES string of the molecule is Cn1nnc(NC(=O)c2cccc(Cl)c2N)n1. The van der Waals surface area contributed by atoms with Gasteiger partial charge in [0, 0.05) is 0 Å². The molecule has 0 atom stereocenters. The molecule has 2 rings (SSSR count). The first-order chi connectivity index (χ1) is 8.08. The molecule has 3 N–H and O–H groups in total. The van der Waals surface area contributed by atoms with Crippen LogP contribution in [0.2, 0.25) is 5.02 Å². The van der Waals surface area contributed by atoms with Crippen LogP contribution < -0.4 is 11.1 Å². The van der Waals surface area contributed by atoms with Crippen LogP contribution in [-0.2, 0) is 7.05 Å². The molecule has 0 fully saturated rings. The number of rotatable bonds is 2. The number of benzene rings is 1. The maximum absolute atomic E-state index is 11.8. The lowest BCUT2D eigenvalue weighted by atomic mass is 10.1. The number of para-hydroxylation sites is 1. The van der Waals surface area contributed by atoms with E-state index in [4.69, 9.17) is 17.3 Å². The number of tetrazole rings is 1. The van der Waals surface area contributed by atoms with E-state index in [0.717, 1.165) is 0 Å². The van der Waals surface area contributed by atoms with Crippen molar-refractivity contribution in [1.82, 2.24) is 20.2 Å². The number of halogens is 1. The highest BCUT2D eigenvalue weighted by Crippen LogP contribution is 2.22. The van der Waals surface area contributed by atoms with E-state index in [1.54, 1.807) is 25.2 Å². The summed E-state index contributed by atoms with van der Waals surface area (Å²) in [6.07, 6.45) is 0. The summed E-state index contributed by atoms with van der Waals surface area (Å²) in [6, 6.07) is 4.80. The predicted octanol–water partition coefficient (Wildman–Crippen LogP) is 0.698. The molecular weight excluding hydrogens is 244 g/mol. The van der Waals surface area contributed by atoms with Gasteiger partial charge in [0.25, 0.3) is 11.9 Å². The van der Waals surface area contributed by atoms with E-state index < -0.39 is 5.91 Å². The van der Waals surface area contributed by atoms with Gasteiger partial charge in [-0.15, -0.1) is 5.10 Å². The Bertz CT molecular complexity index is 566. The average Bonchev–Trinajstić information content (AvgIpc) is 2.68. The van der Waals surface area contributed by atoms with Crippen molar-refractivity contribution in [2.75, 3.05) is 11.1 Å². The first-order valence-corrected chi connectivity index (χ1v) is 5.05. The van der Waals surface area contributed by atoms with E-state index in [1.165, 1.54) is 4.80 Å². The second kappa shape index (κ2) is 4.38. The Morgan fingerprint density at radius 1 is 1.53 bits per heavy atom. The number of carbonyl (C=O) groups is 1. The Hall–Kier alpha value is -2.15. The van der Waals surface area contributed by atoms with Crippen molar-refractivity contribution >= 4 is 29.1 Å². The van der Waals surface area contributed by atoms with Gasteiger partial charge in [-0.2, -0.15) is 4.80 Å². The molecule has 1 heterocycles. The van der Waals surface area contributed by atoms with Crippen LogP contribution in [0.4, 0.5) is 11.6 Å². The highest BCUT2D eigenvalue weighted by Gasteiger charge is 2.13. The average molecular weight is 253 g/mol. The number of aryl methyl sites for hydroxylation is 1. The van der Waals surface area contributed by atoms with Crippen LogP contribution in [0.15, 0.2) is 18.2 Å². The molecule has 0 spiro atoms. The van der Waals surface area contributed by atoms with Gasteiger partial charge in [-0.1, -0.05) is 22.8 Å². The van der Waals surface area contributed by atoms with E-state index in [9.17, 15) is 4.79 Å². The zero-order chi connectivity index (χ0) is 12.4. The molecule has 0 saturated heterocycles. The number of hydrogen-bond acceptors (Lipinski definition) is 5. The number of amides is 1. The molecule has 7 nitrogen and oxygen atoms in total. The number of nitrogens with one attached hydrogen (secondary N) is 1. The van der Waals surface area contributed by atoms with Crippen LogP contribution >= 0.6 is 11.6 Å². The van der Waals surface area contributed by atoms with Crippen molar-refractivity contribution in [3.63, 3.8) is 0 Å². The lowest BCUT2D eigenvalue weighted by Gasteiger charge is -2.05. The molecule has 1 aromatic heterocycles. The van der Waals surface area contributed by atoms with Crippen LogP contribution in [0.3, 0.4) is 0 Å². The molecule has 88 valence electrons. The highest BCUT2D eigenvalue weighted by molar-refractivity contribution is 6.34. The topological polar surface area (TPSA) is 98.7 Å². The van der Waals surface area contributed by atoms with Crippen LogP contribution in [0, 0.1) is 0 Å². The summed E-state index contributed by atoms with van der Waals surface area (Å²) in [5.41, 5.74) is 6.17. The minimum absolute atomic E-state index is 0.108. The number of carbonyl (C=O) groups excluding carboxylic acids is 1. The number of hydrogen-bond donors (Lipinski definition) is 2. The first-order valence-electron chi connectivity index (χ1n) is 4.67. The Labute approximate surface area is 102 Å². The van der Waals surface area contributed by atoms with Crippen molar-refractivity contribution in [2.45, 2.75) is 0 Å². The summed E-state index contributed by atoms with van der Waals surface area (Å²) in [6.45, 7) is 0. The van der Waals surface area contributed by atoms with E-state index in [-0.39, 0.29) is 17.2 Å². The smallest absolute Gasteiger partial charge is 0.270 e. The standard InChI is InChI=1S/C9H9ClN6O/c1-16-14-9(13-15-16)12-8(17)5-3-2-4-6(10)7(5)11/h2-4H,11H2,1H3,(H,12,14,17). The van der Waals surface area contributed by atoms with Crippen molar-refractivity contribution in [1.29, 1.82) is 0 Å². The largest absolute Gasteiger partial charge is 0.397 e. The lowest BCUT2D eigenvalue weighted by Crippen LogP contribution is -2.15. The molecule has 1 aromatic carbocycles. The van der Waals surface area contributed by atoms with E-state index >= 15 is 0 Å². The first kappa shape index (κ1) is 11.3. The maximum atomic E-state index is 11.8. The quantitative estimate of drug-likeness (QED) is 0.767. The maximum Gasteiger partial charge on any atom is 0.270 e. The molecule has 0 saturated carbocycles. The third-order valence-corrected chi connectivity index (χ3v) is 2.36. The van der Waals surface area contributed by atoms with Crippen molar-refractivity contribution in [2.24, 2.45) is 7.05 Å². The molecule has 2 aromatic rings. The summed E-state index contributed by atoms with van der Waals surface area (Å²) >= 11 is 5.81. The lowest BCUT2D eigenvalue weighted by molar-refractivity contribution is 0.102. The Kier molecular flexibility index (Phi) is 2.92. The number of nitrogen functional groups attached to an aromatic ring is 1. The number of anilines is 2. The Morgan fingerprint density at radius 3 is 2.94 bits per heavy atom. The Morgan fingerprint density at radius 2 is 2.29 bits per heavy atom. The van der Waals surface area contributed by atoms with Crippen molar-refractivity contribution < 1.29 is 4.79 Å². The number of nitrogens with two attached hydrogens (primary N) is 1. The van der Waals surface area contributed by atoms with E-state index in [1.807, 2.05) is 0 Å². The minimum atomic E-state index is -0.432. The summed E-state index contributed by atoms with van der Waals surface area (Å²) in [4.78, 5) is 13.1. The molecule has 0 aliphatic rings. The second-order valence-corrected chi connectivity index (χ2v) is 3.66. The van der Waals surface area contributed by atoms with Crippen LogP contribution in [-0.4, -0.2) is 26.1 Å². The molecule has 17 heavy (non-hydrogen) atoms. The molecule has 8 heteroatoms. The summed E-state index contributed by atoms with van der Waals surface area (Å²) in [5.74, 6) is -0.324. The fraction of sp³-hybridized carbons (Fsp3) is 0.111. The molecular formula is C9H9ClN6O. The van der Waals surface area contributed by atoms with Crippen molar-refractivity contribution in [3.05, 3.63) is 28.8 Å². The van der Waals surface area contributed by atoms with Gasteiger partial charge in [0.05, 0.1) is 23.3 Å². The molecule has 0 bridgehead atoms.